The van der Waals surface area contributed by atoms with Crippen molar-refractivity contribution in [2.75, 3.05) is 26.2 Å². The lowest BCUT2D eigenvalue weighted by Gasteiger charge is -2.31. The molecule has 1 aromatic carbocycles. The largest absolute Gasteiger partial charge is 0.355 e. The Morgan fingerprint density at radius 2 is 2.20 bits per heavy atom. The van der Waals surface area contributed by atoms with Crippen molar-refractivity contribution < 1.29 is 13.2 Å². The molecule has 1 amide bonds. The second-order valence-electron chi connectivity index (χ2n) is 5.67. The summed E-state index contributed by atoms with van der Waals surface area (Å²) in [6, 6.07) is 4.93. The van der Waals surface area contributed by atoms with Crippen LogP contribution in [-0.4, -0.2) is 53.6 Å². The van der Waals surface area contributed by atoms with E-state index in [4.69, 9.17) is 5.73 Å². The van der Waals surface area contributed by atoms with Crippen LogP contribution in [-0.2, 0) is 14.8 Å². The maximum Gasteiger partial charge on any atom is 0.245 e. The van der Waals surface area contributed by atoms with Crippen LogP contribution in [0.4, 0.5) is 0 Å². The lowest BCUT2D eigenvalue weighted by Crippen LogP contribution is -2.46. The van der Waals surface area contributed by atoms with Crippen LogP contribution in [0.3, 0.4) is 0 Å². The minimum Gasteiger partial charge on any atom is -0.355 e. The predicted octanol–water partition coefficient (Wildman–Crippen LogP) is 0.589. The summed E-state index contributed by atoms with van der Waals surface area (Å²) >= 11 is 0.985. The smallest absolute Gasteiger partial charge is 0.245 e. The molecule has 1 aromatic heterocycles. The topological polar surface area (TPSA) is 118 Å². The van der Waals surface area contributed by atoms with Gasteiger partial charge in [-0.3, -0.25) is 4.79 Å². The van der Waals surface area contributed by atoms with Gasteiger partial charge in [-0.05, 0) is 25.0 Å². The van der Waals surface area contributed by atoms with Crippen molar-refractivity contribution in [1.29, 1.82) is 0 Å². The van der Waals surface area contributed by atoms with Gasteiger partial charge in [0, 0.05) is 26.2 Å². The number of fused-ring (bicyclic) bond motifs is 1. The number of hydrogen-bond donors (Lipinski definition) is 2. The molecule has 3 rings (SSSR count). The number of piperidine rings is 1. The molecule has 1 saturated heterocycles. The van der Waals surface area contributed by atoms with Gasteiger partial charge >= 0.3 is 0 Å². The number of aromatic nitrogens is 2. The minimum atomic E-state index is -3.71. The number of rotatable bonds is 5. The number of benzene rings is 1. The average molecular weight is 406 g/mol. The van der Waals surface area contributed by atoms with Gasteiger partial charge in [0.15, 0.2) is 0 Å². The molecule has 2 heterocycles. The first kappa shape index (κ1) is 20.0. The second kappa shape index (κ2) is 8.37. The molecule has 138 valence electrons. The van der Waals surface area contributed by atoms with Crippen molar-refractivity contribution in [1.82, 2.24) is 18.4 Å². The maximum absolute atomic E-state index is 13.0. The Morgan fingerprint density at radius 3 is 2.96 bits per heavy atom. The van der Waals surface area contributed by atoms with Crippen molar-refractivity contribution in [3.63, 3.8) is 0 Å². The third-order valence-corrected chi connectivity index (χ3v) is 6.50. The number of nitrogens with one attached hydrogen (secondary N) is 1. The number of sulfonamides is 1. The van der Waals surface area contributed by atoms with Gasteiger partial charge in [0.1, 0.15) is 15.9 Å². The summed E-state index contributed by atoms with van der Waals surface area (Å²) in [5.74, 6) is -0.498. The quantitative estimate of drug-likeness (QED) is 0.751. The molecule has 0 aliphatic carbocycles. The van der Waals surface area contributed by atoms with Crippen LogP contribution < -0.4 is 11.1 Å². The highest BCUT2D eigenvalue weighted by Crippen LogP contribution is 2.28. The van der Waals surface area contributed by atoms with E-state index in [1.807, 2.05) is 0 Å². The fraction of sp³-hybridized carbons (Fsp3) is 0.500. The Morgan fingerprint density at radius 1 is 1.40 bits per heavy atom. The molecule has 1 unspecified atom stereocenters. The number of amides is 1. The molecule has 8 nitrogen and oxygen atoms in total. The lowest BCUT2D eigenvalue weighted by molar-refractivity contribution is -0.126. The number of carbonyl (C=O) groups excluding carboxylic acids is 1. The average Bonchev–Trinajstić information content (AvgIpc) is 3.08. The van der Waals surface area contributed by atoms with Crippen molar-refractivity contribution in [3.05, 3.63) is 18.2 Å². The van der Waals surface area contributed by atoms with Crippen molar-refractivity contribution in [3.8, 4) is 0 Å². The van der Waals surface area contributed by atoms with Gasteiger partial charge in [-0.25, -0.2) is 8.42 Å². The Kier molecular flexibility index (Phi) is 6.69. The molecular formula is C14H20ClN5O3S2. The molecule has 3 N–H and O–H groups in total. The van der Waals surface area contributed by atoms with E-state index in [1.54, 1.807) is 12.1 Å². The first-order valence-electron chi connectivity index (χ1n) is 7.73. The number of carbonyl (C=O) groups is 1. The van der Waals surface area contributed by atoms with Gasteiger partial charge < -0.3 is 11.1 Å². The predicted molar refractivity (Wildman–Crippen MR) is 98.2 cm³/mol. The Balaban J connectivity index is 0.00000225. The van der Waals surface area contributed by atoms with Gasteiger partial charge in [0.05, 0.1) is 17.6 Å². The zero-order chi connectivity index (χ0) is 17.2. The molecule has 11 heteroatoms. The zero-order valence-corrected chi connectivity index (χ0v) is 15.9. The molecule has 25 heavy (non-hydrogen) atoms. The molecule has 0 saturated carbocycles. The molecular weight excluding hydrogens is 386 g/mol. The van der Waals surface area contributed by atoms with Crippen molar-refractivity contribution in [2.45, 2.75) is 17.7 Å². The van der Waals surface area contributed by atoms with Crippen LogP contribution in [0.1, 0.15) is 12.8 Å². The van der Waals surface area contributed by atoms with E-state index in [0.29, 0.717) is 43.5 Å². The monoisotopic (exact) mass is 405 g/mol. The number of halogens is 1. The highest BCUT2D eigenvalue weighted by Gasteiger charge is 2.34. The van der Waals surface area contributed by atoms with Crippen LogP contribution in [0, 0.1) is 5.92 Å². The van der Waals surface area contributed by atoms with E-state index >= 15 is 0 Å². The van der Waals surface area contributed by atoms with Crippen molar-refractivity contribution in [2.24, 2.45) is 11.7 Å². The van der Waals surface area contributed by atoms with Gasteiger partial charge in [-0.1, -0.05) is 6.07 Å². The standard InChI is InChI=1S/C14H19N5O3S2.ClH/c15-6-7-16-14(20)10-3-2-8-19(9-10)24(21,22)12-5-1-4-11-13(12)18-23-17-11;/h1,4-5,10H,2-3,6-9,15H2,(H,16,20);1H. The molecule has 1 aliphatic heterocycles. The van der Waals surface area contributed by atoms with Gasteiger partial charge in [-0.2, -0.15) is 13.1 Å². The molecule has 0 radical (unpaired) electrons. The Bertz CT molecular complexity index is 842. The molecule has 2 aromatic rings. The molecule has 0 bridgehead atoms. The highest BCUT2D eigenvalue weighted by molar-refractivity contribution is 7.89. The van der Waals surface area contributed by atoms with Crippen LogP contribution in [0.2, 0.25) is 0 Å². The Labute approximate surface area is 156 Å². The van der Waals surface area contributed by atoms with Crippen LogP contribution in [0.25, 0.3) is 11.0 Å². The van der Waals surface area contributed by atoms with Crippen LogP contribution >= 0.6 is 24.1 Å². The van der Waals surface area contributed by atoms with Gasteiger partial charge in [0.25, 0.3) is 0 Å². The van der Waals surface area contributed by atoms with E-state index in [1.165, 1.54) is 10.4 Å². The van der Waals surface area contributed by atoms with E-state index in [9.17, 15) is 13.2 Å². The molecule has 0 spiro atoms. The third kappa shape index (κ3) is 4.09. The summed E-state index contributed by atoms with van der Waals surface area (Å²) in [6.45, 7) is 1.33. The molecule has 1 aliphatic rings. The number of nitrogens with two attached hydrogens (primary N) is 1. The normalized spacial score (nSPS) is 18.7. The summed E-state index contributed by atoms with van der Waals surface area (Å²) in [5, 5.41) is 2.73. The summed E-state index contributed by atoms with van der Waals surface area (Å²) in [4.78, 5) is 12.3. The fourth-order valence-electron chi connectivity index (χ4n) is 2.84. The summed E-state index contributed by atoms with van der Waals surface area (Å²) in [6.07, 6.45) is 1.32. The first-order chi connectivity index (χ1) is 11.5. The highest BCUT2D eigenvalue weighted by atomic mass is 35.5. The minimum absolute atomic E-state index is 0. The number of nitrogens with zero attached hydrogens (tertiary/aromatic N) is 3. The van der Waals surface area contributed by atoms with Crippen LogP contribution in [0.15, 0.2) is 23.1 Å². The van der Waals surface area contributed by atoms with E-state index < -0.39 is 10.0 Å². The van der Waals surface area contributed by atoms with Crippen molar-refractivity contribution >= 4 is 51.1 Å². The summed E-state index contributed by atoms with van der Waals surface area (Å²) in [7, 11) is -3.71. The molecule has 1 fully saturated rings. The second-order valence-corrected chi connectivity index (χ2v) is 8.10. The SMILES string of the molecule is Cl.NCCNC(=O)C1CCCN(S(=O)(=O)c2cccc3nsnc23)C1. The van der Waals surface area contributed by atoms with E-state index in [2.05, 4.69) is 14.1 Å². The maximum atomic E-state index is 13.0. The number of hydrogen-bond acceptors (Lipinski definition) is 7. The van der Waals surface area contributed by atoms with Crippen LogP contribution in [0.5, 0.6) is 0 Å². The summed E-state index contributed by atoms with van der Waals surface area (Å²) in [5.41, 5.74) is 6.34. The van der Waals surface area contributed by atoms with E-state index in [0.717, 1.165) is 11.7 Å². The lowest BCUT2D eigenvalue weighted by atomic mass is 9.99. The van der Waals surface area contributed by atoms with Gasteiger partial charge in [0.2, 0.25) is 15.9 Å². The van der Waals surface area contributed by atoms with Gasteiger partial charge in [-0.15, -0.1) is 12.4 Å². The zero-order valence-electron chi connectivity index (χ0n) is 13.4. The summed E-state index contributed by atoms with van der Waals surface area (Å²) < 4.78 is 35.5. The Hall–Kier alpha value is -1.33. The molecule has 1 atom stereocenters. The van der Waals surface area contributed by atoms with E-state index in [-0.39, 0.29) is 35.7 Å². The third-order valence-electron chi connectivity index (χ3n) is 4.07. The fourth-order valence-corrected chi connectivity index (χ4v) is 5.12. The first-order valence-corrected chi connectivity index (χ1v) is 9.90.